The molecule has 0 fully saturated rings. The molecule has 1 heterocycles. The van der Waals surface area contributed by atoms with Gasteiger partial charge in [0.2, 0.25) is 0 Å². The molecule has 0 radical (unpaired) electrons. The third-order valence-corrected chi connectivity index (χ3v) is 5.50. The van der Waals surface area contributed by atoms with Crippen LogP contribution in [0.25, 0.3) is 10.9 Å². The van der Waals surface area contributed by atoms with Crippen LogP contribution in [-0.2, 0) is 15.6 Å². The number of fused-ring (bicyclic) bond motifs is 1. The summed E-state index contributed by atoms with van der Waals surface area (Å²) in [7, 11) is -1.33. The zero-order valence-electron chi connectivity index (χ0n) is 14.4. The molecule has 0 aliphatic rings. The highest BCUT2D eigenvalue weighted by atomic mass is 32.2. The molecule has 1 aromatic heterocycles. The van der Waals surface area contributed by atoms with Gasteiger partial charge in [0.05, 0.1) is 21.9 Å². The Balaban J connectivity index is 1.71. The number of carboxylic acids is 1. The molecule has 0 aliphatic carbocycles. The van der Waals surface area contributed by atoms with E-state index in [1.165, 1.54) is 6.20 Å². The van der Waals surface area contributed by atoms with E-state index in [0.29, 0.717) is 21.4 Å². The molecule has 2 aromatic carbocycles. The zero-order chi connectivity index (χ0) is 19.2. The summed E-state index contributed by atoms with van der Waals surface area (Å²) in [6.07, 6.45) is 1.57. The molecule has 0 unspecified atom stereocenters. The lowest BCUT2D eigenvalue weighted by atomic mass is 10.1. The fourth-order valence-corrected chi connectivity index (χ4v) is 3.85. The molecule has 0 saturated carbocycles. The molecule has 3 aromatic rings. The monoisotopic (exact) mass is 382 g/mol. The fraction of sp³-hybridized carbons (Fsp3) is 0.150. The molecule has 0 spiro atoms. The number of amides is 1. The number of nitrogens with zero attached hydrogens (tertiary/aromatic N) is 1. The quantitative estimate of drug-likeness (QED) is 0.655. The van der Waals surface area contributed by atoms with Gasteiger partial charge in [-0.3, -0.25) is 14.0 Å². The first-order valence-electron chi connectivity index (χ1n) is 8.37. The average molecular weight is 382 g/mol. The van der Waals surface area contributed by atoms with Crippen molar-refractivity contribution in [2.45, 2.75) is 17.4 Å². The summed E-state index contributed by atoms with van der Waals surface area (Å²) >= 11 is 0. The van der Waals surface area contributed by atoms with Crippen molar-refractivity contribution in [3.63, 3.8) is 0 Å². The van der Waals surface area contributed by atoms with Gasteiger partial charge >= 0.3 is 5.97 Å². The molecular weight excluding hydrogens is 364 g/mol. The van der Waals surface area contributed by atoms with Crippen molar-refractivity contribution in [3.05, 3.63) is 72.4 Å². The summed E-state index contributed by atoms with van der Waals surface area (Å²) in [6.45, 7) is 0. The number of benzene rings is 2. The minimum absolute atomic E-state index is 0.0611. The molecule has 6 nitrogen and oxygen atoms in total. The van der Waals surface area contributed by atoms with Crippen LogP contribution in [0.2, 0.25) is 0 Å². The highest BCUT2D eigenvalue weighted by Crippen LogP contribution is 2.16. The Kier molecular flexibility index (Phi) is 5.93. The van der Waals surface area contributed by atoms with Crippen molar-refractivity contribution >= 4 is 33.6 Å². The van der Waals surface area contributed by atoms with Gasteiger partial charge in [0.25, 0.3) is 5.91 Å². The molecule has 0 saturated heterocycles. The Morgan fingerprint density at radius 3 is 2.48 bits per heavy atom. The number of para-hydroxylation sites is 1. The lowest BCUT2D eigenvalue weighted by Crippen LogP contribution is -2.41. The minimum atomic E-state index is -1.33. The molecule has 0 aliphatic heterocycles. The molecule has 2 atom stereocenters. The molecule has 2 N–H and O–H groups in total. The second-order valence-electron chi connectivity index (χ2n) is 5.89. The molecule has 0 bridgehead atoms. The highest BCUT2D eigenvalue weighted by Gasteiger charge is 2.22. The maximum absolute atomic E-state index is 12.6. The summed E-state index contributed by atoms with van der Waals surface area (Å²) in [5.41, 5.74) is 1.01. The van der Waals surface area contributed by atoms with E-state index in [1.807, 2.05) is 12.1 Å². The first-order chi connectivity index (χ1) is 13.1. The third kappa shape index (κ3) is 4.57. The largest absolute Gasteiger partial charge is 0.480 e. The van der Waals surface area contributed by atoms with E-state index >= 15 is 0 Å². The molecular formula is C20H18N2O4S. The summed E-state index contributed by atoms with van der Waals surface area (Å²) in [5.74, 6) is -1.52. The molecule has 27 heavy (non-hydrogen) atoms. The second-order valence-corrected chi connectivity index (χ2v) is 7.46. The van der Waals surface area contributed by atoms with Crippen LogP contribution >= 0.6 is 0 Å². The van der Waals surface area contributed by atoms with Crippen LogP contribution in [0.5, 0.6) is 0 Å². The SMILES string of the molecule is O=C(N[C@@H](CC[S@](=O)c1ccccc1)C(=O)O)c1ccnc2ccccc12. The summed E-state index contributed by atoms with van der Waals surface area (Å²) < 4.78 is 12.3. The van der Waals surface area contributed by atoms with Gasteiger partial charge in [0.15, 0.2) is 0 Å². The van der Waals surface area contributed by atoms with E-state index < -0.39 is 28.7 Å². The standard InChI is InChI=1S/C20H18N2O4S/c23-19(16-10-12-21-17-9-5-4-8-15(16)17)22-18(20(24)25)11-13-27(26)14-6-2-1-3-7-14/h1-10,12,18H,11,13H2,(H,22,23)(H,24,25)/t18-,27-/m0/s1. The first-order valence-corrected chi connectivity index (χ1v) is 9.69. The Bertz CT molecular complexity index is 986. The number of hydrogen-bond donors (Lipinski definition) is 2. The molecule has 7 heteroatoms. The summed E-state index contributed by atoms with van der Waals surface area (Å²) in [4.78, 5) is 29.0. The van der Waals surface area contributed by atoms with Gasteiger partial charge in [-0.25, -0.2) is 4.79 Å². The smallest absolute Gasteiger partial charge is 0.326 e. The van der Waals surface area contributed by atoms with Crippen LogP contribution in [0.1, 0.15) is 16.8 Å². The van der Waals surface area contributed by atoms with Gasteiger partial charge < -0.3 is 10.4 Å². The number of nitrogens with one attached hydrogen (secondary N) is 1. The van der Waals surface area contributed by atoms with Crippen molar-refractivity contribution in [2.75, 3.05) is 5.75 Å². The fourth-order valence-electron chi connectivity index (χ4n) is 2.70. The number of hydrogen-bond acceptors (Lipinski definition) is 4. The lowest BCUT2D eigenvalue weighted by molar-refractivity contribution is -0.139. The normalized spacial score (nSPS) is 13.0. The van der Waals surface area contributed by atoms with E-state index in [0.717, 1.165) is 0 Å². The Labute approximate surface area is 158 Å². The van der Waals surface area contributed by atoms with Gasteiger partial charge in [-0.15, -0.1) is 0 Å². The van der Waals surface area contributed by atoms with E-state index in [1.54, 1.807) is 48.5 Å². The topological polar surface area (TPSA) is 96.4 Å². The van der Waals surface area contributed by atoms with Crippen LogP contribution in [0.4, 0.5) is 0 Å². The van der Waals surface area contributed by atoms with Crippen LogP contribution in [-0.4, -0.2) is 38.0 Å². The third-order valence-electron chi connectivity index (χ3n) is 4.10. The predicted molar refractivity (Wildman–Crippen MR) is 103 cm³/mol. The Hall–Kier alpha value is -3.06. The van der Waals surface area contributed by atoms with Gasteiger partial charge in [-0.2, -0.15) is 0 Å². The number of carbonyl (C=O) groups is 2. The van der Waals surface area contributed by atoms with Crippen molar-refractivity contribution < 1.29 is 18.9 Å². The molecule has 1 amide bonds. The molecule has 3 rings (SSSR count). The maximum atomic E-state index is 12.6. The van der Waals surface area contributed by atoms with Crippen molar-refractivity contribution in [3.8, 4) is 0 Å². The van der Waals surface area contributed by atoms with Gasteiger partial charge in [-0.05, 0) is 30.7 Å². The van der Waals surface area contributed by atoms with Gasteiger partial charge in [-0.1, -0.05) is 36.4 Å². The van der Waals surface area contributed by atoms with Crippen molar-refractivity contribution in [1.82, 2.24) is 10.3 Å². The van der Waals surface area contributed by atoms with Crippen LogP contribution in [0, 0.1) is 0 Å². The zero-order valence-corrected chi connectivity index (χ0v) is 15.2. The first kappa shape index (κ1) is 18.7. The summed E-state index contributed by atoms with van der Waals surface area (Å²) in [6, 6.07) is 16.4. The van der Waals surface area contributed by atoms with Crippen molar-refractivity contribution in [2.24, 2.45) is 0 Å². The Morgan fingerprint density at radius 2 is 1.74 bits per heavy atom. The van der Waals surface area contributed by atoms with Crippen molar-refractivity contribution in [1.29, 1.82) is 0 Å². The van der Waals surface area contributed by atoms with Crippen LogP contribution in [0.3, 0.4) is 0 Å². The van der Waals surface area contributed by atoms with Crippen LogP contribution in [0.15, 0.2) is 71.8 Å². The van der Waals surface area contributed by atoms with Crippen LogP contribution < -0.4 is 5.32 Å². The molecule has 138 valence electrons. The van der Waals surface area contributed by atoms with E-state index in [9.17, 15) is 18.9 Å². The maximum Gasteiger partial charge on any atom is 0.326 e. The van der Waals surface area contributed by atoms with E-state index in [4.69, 9.17) is 0 Å². The predicted octanol–water partition coefficient (Wildman–Crippen LogP) is 2.62. The highest BCUT2D eigenvalue weighted by molar-refractivity contribution is 7.85. The van der Waals surface area contributed by atoms with Gasteiger partial charge in [0, 0.05) is 22.2 Å². The number of aliphatic carboxylic acids is 1. The Morgan fingerprint density at radius 1 is 1.04 bits per heavy atom. The lowest BCUT2D eigenvalue weighted by Gasteiger charge is -2.15. The van der Waals surface area contributed by atoms with Gasteiger partial charge in [0.1, 0.15) is 6.04 Å². The van der Waals surface area contributed by atoms with E-state index in [-0.39, 0.29) is 12.2 Å². The number of carboxylic acid groups (broad SMARTS) is 1. The number of aromatic nitrogens is 1. The minimum Gasteiger partial charge on any atom is -0.480 e. The van der Waals surface area contributed by atoms with E-state index in [2.05, 4.69) is 10.3 Å². The average Bonchev–Trinajstić information content (AvgIpc) is 2.70. The number of pyridine rings is 1. The summed E-state index contributed by atoms with van der Waals surface area (Å²) in [5, 5.41) is 12.6. The number of carbonyl (C=O) groups excluding carboxylic acids is 1. The number of rotatable bonds is 7. The second kappa shape index (κ2) is 8.55.